The number of halogens is 1. The van der Waals surface area contributed by atoms with Crippen LogP contribution in [0.1, 0.15) is 15.9 Å². The van der Waals surface area contributed by atoms with E-state index in [4.69, 9.17) is 4.74 Å². The Bertz CT molecular complexity index is 555. The quantitative estimate of drug-likeness (QED) is 0.629. The molecule has 0 bridgehead atoms. The van der Waals surface area contributed by atoms with Gasteiger partial charge in [-0.15, -0.1) is 0 Å². The first-order chi connectivity index (χ1) is 8.16. The molecule has 2 aromatic rings. The largest absolute Gasteiger partial charge is 0.423 e. The van der Waals surface area contributed by atoms with Crippen molar-refractivity contribution in [2.75, 3.05) is 0 Å². The second kappa shape index (κ2) is 5.10. The average Bonchev–Trinajstić information content (AvgIpc) is 2.29. The summed E-state index contributed by atoms with van der Waals surface area (Å²) in [5, 5.41) is 0. The van der Waals surface area contributed by atoms with Crippen LogP contribution >= 0.6 is 15.9 Å². The summed E-state index contributed by atoms with van der Waals surface area (Å²) in [6.07, 6.45) is 1.57. The van der Waals surface area contributed by atoms with E-state index in [9.17, 15) is 4.79 Å². The highest BCUT2D eigenvalue weighted by atomic mass is 79.9. The van der Waals surface area contributed by atoms with Gasteiger partial charge in [-0.05, 0) is 40.5 Å². The molecule has 0 amide bonds. The summed E-state index contributed by atoms with van der Waals surface area (Å²) in [5.74, 6) is 0.112. The lowest BCUT2D eigenvalue weighted by molar-refractivity contribution is 0.0734. The smallest absolute Gasteiger partial charge is 0.343 e. The number of aryl methyl sites for hydroxylation is 1. The zero-order valence-electron chi connectivity index (χ0n) is 9.18. The van der Waals surface area contributed by atoms with Crippen LogP contribution in [0.3, 0.4) is 0 Å². The van der Waals surface area contributed by atoms with Gasteiger partial charge in [0.05, 0.1) is 5.56 Å². The Morgan fingerprint density at radius 1 is 1.29 bits per heavy atom. The third-order valence-corrected chi connectivity index (χ3v) is 2.71. The molecule has 0 N–H and O–H groups in total. The molecule has 1 aromatic carbocycles. The summed E-state index contributed by atoms with van der Waals surface area (Å²) in [6, 6.07) is 10.6. The normalized spacial score (nSPS) is 10.0. The van der Waals surface area contributed by atoms with Gasteiger partial charge in [-0.3, -0.25) is 0 Å². The number of benzene rings is 1. The Balaban J connectivity index is 2.20. The highest BCUT2D eigenvalue weighted by Crippen LogP contribution is 2.17. The summed E-state index contributed by atoms with van der Waals surface area (Å²) >= 11 is 3.22. The van der Waals surface area contributed by atoms with Gasteiger partial charge >= 0.3 is 5.97 Å². The molecule has 0 atom stereocenters. The minimum Gasteiger partial charge on any atom is -0.423 e. The standard InChI is InChI=1S/C13H10BrNO2/c1-9-4-2-3-5-11(9)13(16)17-10-6-7-15-12(14)8-10/h2-8H,1H3. The van der Waals surface area contributed by atoms with Crippen molar-refractivity contribution in [1.82, 2.24) is 4.98 Å². The van der Waals surface area contributed by atoms with Crippen LogP contribution in [0.15, 0.2) is 47.2 Å². The van der Waals surface area contributed by atoms with Crippen LogP contribution in [0.25, 0.3) is 0 Å². The molecular formula is C13H10BrNO2. The maximum absolute atomic E-state index is 11.9. The van der Waals surface area contributed by atoms with Gasteiger partial charge in [-0.2, -0.15) is 0 Å². The number of aromatic nitrogens is 1. The first kappa shape index (κ1) is 11.8. The van der Waals surface area contributed by atoms with Gasteiger partial charge in [0.1, 0.15) is 10.4 Å². The van der Waals surface area contributed by atoms with Crippen LogP contribution in [0.5, 0.6) is 5.75 Å². The fourth-order valence-corrected chi connectivity index (χ4v) is 1.76. The van der Waals surface area contributed by atoms with Gasteiger partial charge in [0.15, 0.2) is 0 Å². The third kappa shape index (κ3) is 2.91. The first-order valence-electron chi connectivity index (χ1n) is 5.06. The lowest BCUT2D eigenvalue weighted by Gasteiger charge is -2.06. The van der Waals surface area contributed by atoms with E-state index in [1.54, 1.807) is 24.4 Å². The number of pyridine rings is 1. The first-order valence-corrected chi connectivity index (χ1v) is 5.85. The number of nitrogens with zero attached hydrogens (tertiary/aromatic N) is 1. The van der Waals surface area contributed by atoms with Crippen molar-refractivity contribution < 1.29 is 9.53 Å². The summed E-state index contributed by atoms with van der Waals surface area (Å²) in [7, 11) is 0. The van der Waals surface area contributed by atoms with Gasteiger partial charge in [0.25, 0.3) is 0 Å². The van der Waals surface area contributed by atoms with E-state index in [-0.39, 0.29) is 5.97 Å². The Kier molecular flexibility index (Phi) is 3.54. The zero-order valence-corrected chi connectivity index (χ0v) is 10.8. The van der Waals surface area contributed by atoms with E-state index in [0.29, 0.717) is 15.9 Å². The predicted molar refractivity (Wildman–Crippen MR) is 68.1 cm³/mol. The highest BCUT2D eigenvalue weighted by Gasteiger charge is 2.10. The van der Waals surface area contributed by atoms with Crippen molar-refractivity contribution in [2.45, 2.75) is 6.92 Å². The van der Waals surface area contributed by atoms with Crippen LogP contribution in [-0.2, 0) is 0 Å². The van der Waals surface area contributed by atoms with Crippen LogP contribution in [-0.4, -0.2) is 11.0 Å². The SMILES string of the molecule is Cc1ccccc1C(=O)Oc1ccnc(Br)c1. The molecule has 0 fully saturated rings. The van der Waals surface area contributed by atoms with Gasteiger partial charge in [-0.1, -0.05) is 18.2 Å². The van der Waals surface area contributed by atoms with E-state index in [1.165, 1.54) is 0 Å². The highest BCUT2D eigenvalue weighted by molar-refractivity contribution is 9.10. The molecule has 1 heterocycles. The van der Waals surface area contributed by atoms with Crippen molar-refractivity contribution in [3.05, 3.63) is 58.3 Å². The summed E-state index contributed by atoms with van der Waals surface area (Å²) in [6.45, 7) is 1.87. The van der Waals surface area contributed by atoms with Crippen LogP contribution in [0.2, 0.25) is 0 Å². The molecule has 0 unspecified atom stereocenters. The molecule has 0 spiro atoms. The lowest BCUT2D eigenvalue weighted by Crippen LogP contribution is -2.10. The molecule has 0 radical (unpaired) electrons. The van der Waals surface area contributed by atoms with Crippen molar-refractivity contribution >= 4 is 21.9 Å². The molecule has 0 aliphatic carbocycles. The number of hydrogen-bond acceptors (Lipinski definition) is 3. The fourth-order valence-electron chi connectivity index (χ4n) is 1.41. The van der Waals surface area contributed by atoms with Crippen molar-refractivity contribution in [3.63, 3.8) is 0 Å². The van der Waals surface area contributed by atoms with Crippen molar-refractivity contribution in [3.8, 4) is 5.75 Å². The number of esters is 1. The molecule has 0 saturated heterocycles. The minimum absolute atomic E-state index is 0.360. The Morgan fingerprint density at radius 2 is 2.06 bits per heavy atom. The van der Waals surface area contributed by atoms with Crippen LogP contribution < -0.4 is 4.74 Å². The molecule has 86 valence electrons. The number of ether oxygens (including phenoxy) is 1. The van der Waals surface area contributed by atoms with Gasteiger partial charge < -0.3 is 4.74 Å². The predicted octanol–water partition coefficient (Wildman–Crippen LogP) is 3.37. The minimum atomic E-state index is -0.360. The number of carbonyl (C=O) groups excluding carboxylic acids is 1. The molecule has 4 heteroatoms. The van der Waals surface area contributed by atoms with E-state index in [0.717, 1.165) is 5.56 Å². The maximum atomic E-state index is 11.9. The lowest BCUT2D eigenvalue weighted by atomic mass is 10.1. The van der Waals surface area contributed by atoms with Crippen molar-refractivity contribution in [1.29, 1.82) is 0 Å². The van der Waals surface area contributed by atoms with E-state index < -0.39 is 0 Å². The summed E-state index contributed by atoms with van der Waals surface area (Å²) < 4.78 is 5.89. The zero-order chi connectivity index (χ0) is 12.3. The Morgan fingerprint density at radius 3 is 2.76 bits per heavy atom. The van der Waals surface area contributed by atoms with Gasteiger partial charge in [0.2, 0.25) is 0 Å². The number of rotatable bonds is 2. The molecular weight excluding hydrogens is 282 g/mol. The van der Waals surface area contributed by atoms with Crippen LogP contribution in [0, 0.1) is 6.92 Å². The summed E-state index contributed by atoms with van der Waals surface area (Å²) in [5.41, 5.74) is 1.46. The molecule has 17 heavy (non-hydrogen) atoms. The molecule has 3 nitrogen and oxygen atoms in total. The third-order valence-electron chi connectivity index (χ3n) is 2.27. The monoisotopic (exact) mass is 291 g/mol. The van der Waals surface area contributed by atoms with Gasteiger partial charge in [0, 0.05) is 12.3 Å². The molecule has 0 saturated carbocycles. The second-order valence-electron chi connectivity index (χ2n) is 3.52. The average molecular weight is 292 g/mol. The van der Waals surface area contributed by atoms with E-state index >= 15 is 0 Å². The molecule has 0 aliphatic rings. The molecule has 2 rings (SSSR count). The number of carbonyl (C=O) groups is 1. The van der Waals surface area contributed by atoms with Gasteiger partial charge in [-0.25, -0.2) is 9.78 Å². The Labute approximate surface area is 108 Å². The van der Waals surface area contributed by atoms with Crippen molar-refractivity contribution in [2.24, 2.45) is 0 Å². The van der Waals surface area contributed by atoms with E-state index in [1.807, 2.05) is 25.1 Å². The Hall–Kier alpha value is -1.68. The fraction of sp³-hybridized carbons (Fsp3) is 0.0769. The van der Waals surface area contributed by atoms with Crippen LogP contribution in [0.4, 0.5) is 0 Å². The van der Waals surface area contributed by atoms with E-state index in [2.05, 4.69) is 20.9 Å². The number of hydrogen-bond donors (Lipinski definition) is 0. The second-order valence-corrected chi connectivity index (χ2v) is 4.33. The maximum Gasteiger partial charge on any atom is 0.343 e. The molecule has 0 aliphatic heterocycles. The topological polar surface area (TPSA) is 39.2 Å². The molecule has 1 aromatic heterocycles. The summed E-state index contributed by atoms with van der Waals surface area (Å²) in [4.78, 5) is 15.9.